The van der Waals surface area contributed by atoms with Crippen LogP contribution in [0.4, 0.5) is 0 Å². The minimum absolute atomic E-state index is 0. The van der Waals surface area contributed by atoms with Crippen LogP contribution in [0, 0.1) is 3.57 Å². The molecule has 0 aliphatic carbocycles. The number of ether oxygens (including phenoxy) is 1. The van der Waals surface area contributed by atoms with E-state index in [-0.39, 0.29) is 18.4 Å². The van der Waals surface area contributed by atoms with Crippen molar-refractivity contribution in [3.05, 3.63) is 69.3 Å². The summed E-state index contributed by atoms with van der Waals surface area (Å²) in [6, 6.07) is 17.7. The van der Waals surface area contributed by atoms with E-state index >= 15 is 0 Å². The fourth-order valence-electron chi connectivity index (χ4n) is 1.97. The lowest BCUT2D eigenvalue weighted by molar-refractivity contribution is 0.0470. The van der Waals surface area contributed by atoms with Gasteiger partial charge in [-0.1, -0.05) is 36.4 Å². The highest BCUT2D eigenvalue weighted by molar-refractivity contribution is 14.1. The molecule has 3 nitrogen and oxygen atoms in total. The minimum atomic E-state index is -0.262. The summed E-state index contributed by atoms with van der Waals surface area (Å²) in [7, 11) is 2.02. The second kappa shape index (κ2) is 9.82. The van der Waals surface area contributed by atoms with Gasteiger partial charge >= 0.3 is 5.97 Å². The number of hydrogen-bond donors (Lipinski definition) is 0. The van der Waals surface area contributed by atoms with E-state index in [0.717, 1.165) is 10.1 Å². The number of halogens is 2. The van der Waals surface area contributed by atoms with Gasteiger partial charge in [0.1, 0.15) is 6.61 Å². The quantitative estimate of drug-likeness (QED) is 0.511. The van der Waals surface area contributed by atoms with Gasteiger partial charge in [-0.15, -0.1) is 12.4 Å². The van der Waals surface area contributed by atoms with Gasteiger partial charge in [0.2, 0.25) is 0 Å². The molecule has 22 heavy (non-hydrogen) atoms. The molecule has 0 radical (unpaired) electrons. The van der Waals surface area contributed by atoms with E-state index in [9.17, 15) is 4.79 Å². The fourth-order valence-corrected chi connectivity index (χ4v) is 2.51. The lowest BCUT2D eigenvalue weighted by Gasteiger charge is -2.16. The van der Waals surface area contributed by atoms with Gasteiger partial charge in [-0.2, -0.15) is 0 Å². The molecule has 2 aromatic carbocycles. The maximum atomic E-state index is 11.9. The molecule has 0 saturated carbocycles. The van der Waals surface area contributed by atoms with Crippen molar-refractivity contribution in [1.29, 1.82) is 0 Å². The van der Waals surface area contributed by atoms with Crippen molar-refractivity contribution in [3.63, 3.8) is 0 Å². The third kappa shape index (κ3) is 6.34. The van der Waals surface area contributed by atoms with Crippen LogP contribution in [0.1, 0.15) is 15.9 Å². The molecule has 0 aliphatic heterocycles. The van der Waals surface area contributed by atoms with Gasteiger partial charge < -0.3 is 4.74 Å². The van der Waals surface area contributed by atoms with Crippen molar-refractivity contribution in [1.82, 2.24) is 4.90 Å². The zero-order chi connectivity index (χ0) is 15.1. The Morgan fingerprint density at radius 3 is 2.55 bits per heavy atom. The van der Waals surface area contributed by atoms with Crippen LogP contribution in [0.5, 0.6) is 0 Å². The van der Waals surface area contributed by atoms with Gasteiger partial charge in [-0.25, -0.2) is 4.79 Å². The molecular formula is C17H19ClINO2. The van der Waals surface area contributed by atoms with E-state index in [1.54, 1.807) is 6.07 Å². The van der Waals surface area contributed by atoms with Crippen molar-refractivity contribution in [2.45, 2.75) is 6.54 Å². The molecule has 0 atom stereocenters. The first-order valence-corrected chi connectivity index (χ1v) is 7.88. The molecule has 0 unspecified atom stereocenters. The maximum absolute atomic E-state index is 11.9. The Bertz CT molecular complexity index is 592. The Kier molecular flexibility index (Phi) is 8.45. The van der Waals surface area contributed by atoms with Crippen molar-refractivity contribution in [2.24, 2.45) is 0 Å². The van der Waals surface area contributed by atoms with Crippen LogP contribution in [-0.4, -0.2) is 31.1 Å². The molecular weight excluding hydrogens is 413 g/mol. The first kappa shape index (κ1) is 18.9. The first-order valence-electron chi connectivity index (χ1n) is 6.80. The second-order valence-electron chi connectivity index (χ2n) is 4.87. The molecule has 5 heteroatoms. The molecule has 0 N–H and O–H groups in total. The van der Waals surface area contributed by atoms with E-state index in [1.807, 2.05) is 43.4 Å². The summed E-state index contributed by atoms with van der Waals surface area (Å²) in [5, 5.41) is 0. The van der Waals surface area contributed by atoms with Gasteiger partial charge in [0, 0.05) is 16.7 Å². The van der Waals surface area contributed by atoms with Crippen molar-refractivity contribution < 1.29 is 9.53 Å². The molecule has 0 saturated heterocycles. The summed E-state index contributed by atoms with van der Waals surface area (Å²) >= 11 is 2.18. The number of esters is 1. The number of rotatable bonds is 6. The normalized spacial score (nSPS) is 10.1. The summed E-state index contributed by atoms with van der Waals surface area (Å²) in [5.41, 5.74) is 1.86. The Balaban J connectivity index is 0.00000242. The summed E-state index contributed by atoms with van der Waals surface area (Å²) in [4.78, 5) is 14.0. The van der Waals surface area contributed by atoms with Crippen molar-refractivity contribution in [2.75, 3.05) is 20.2 Å². The highest BCUT2D eigenvalue weighted by Crippen LogP contribution is 2.09. The number of carbonyl (C=O) groups is 1. The zero-order valence-electron chi connectivity index (χ0n) is 12.4. The van der Waals surface area contributed by atoms with Gasteiger partial charge in [0.05, 0.1) is 5.56 Å². The van der Waals surface area contributed by atoms with Crippen LogP contribution in [-0.2, 0) is 11.3 Å². The molecule has 0 amide bonds. The van der Waals surface area contributed by atoms with Crippen LogP contribution in [0.3, 0.4) is 0 Å². The molecule has 2 aromatic rings. The first-order chi connectivity index (χ1) is 10.1. The maximum Gasteiger partial charge on any atom is 0.338 e. The van der Waals surface area contributed by atoms with E-state index in [0.29, 0.717) is 18.7 Å². The van der Waals surface area contributed by atoms with Gasteiger partial charge in [-0.3, -0.25) is 4.90 Å². The van der Waals surface area contributed by atoms with Crippen molar-refractivity contribution in [3.8, 4) is 0 Å². The SMILES string of the molecule is CN(CCOC(=O)c1cccc(I)c1)Cc1ccccc1.Cl. The van der Waals surface area contributed by atoms with E-state index < -0.39 is 0 Å². The molecule has 0 aromatic heterocycles. The lowest BCUT2D eigenvalue weighted by atomic mass is 10.2. The molecule has 0 aliphatic rings. The Morgan fingerprint density at radius 2 is 1.86 bits per heavy atom. The predicted octanol–water partition coefficient (Wildman–Crippen LogP) is 4.00. The average molecular weight is 432 g/mol. The standard InChI is InChI=1S/C17H18INO2.ClH/c1-19(13-14-6-3-2-4-7-14)10-11-21-17(20)15-8-5-9-16(18)12-15;/h2-9,12H,10-11,13H2,1H3;1H. The van der Waals surface area contributed by atoms with Crippen LogP contribution in [0.2, 0.25) is 0 Å². The van der Waals surface area contributed by atoms with Crippen LogP contribution in [0.15, 0.2) is 54.6 Å². The Labute approximate surface area is 151 Å². The molecule has 0 bridgehead atoms. The summed E-state index contributed by atoms with van der Waals surface area (Å²) in [6.45, 7) is 1.96. The summed E-state index contributed by atoms with van der Waals surface area (Å²) in [5.74, 6) is -0.262. The topological polar surface area (TPSA) is 29.5 Å². The third-order valence-corrected chi connectivity index (χ3v) is 3.73. The molecule has 0 spiro atoms. The average Bonchev–Trinajstić information content (AvgIpc) is 2.48. The Morgan fingerprint density at radius 1 is 1.14 bits per heavy atom. The van der Waals surface area contributed by atoms with Gasteiger partial charge in [0.15, 0.2) is 0 Å². The van der Waals surface area contributed by atoms with E-state index in [2.05, 4.69) is 39.6 Å². The molecule has 118 valence electrons. The second-order valence-corrected chi connectivity index (χ2v) is 6.12. The van der Waals surface area contributed by atoms with Crippen LogP contribution < -0.4 is 0 Å². The number of likely N-dealkylation sites (N-methyl/N-ethyl adjacent to an activating group) is 1. The summed E-state index contributed by atoms with van der Waals surface area (Å²) < 4.78 is 6.34. The van der Waals surface area contributed by atoms with Crippen LogP contribution >= 0.6 is 35.0 Å². The number of nitrogens with zero attached hydrogens (tertiary/aromatic N) is 1. The van der Waals surface area contributed by atoms with Gasteiger partial charge in [-0.05, 0) is 53.4 Å². The molecule has 2 rings (SSSR count). The zero-order valence-corrected chi connectivity index (χ0v) is 15.3. The molecule has 0 heterocycles. The summed E-state index contributed by atoms with van der Waals surface area (Å²) in [6.07, 6.45) is 0. The lowest BCUT2D eigenvalue weighted by Crippen LogP contribution is -2.24. The third-order valence-electron chi connectivity index (χ3n) is 3.06. The largest absolute Gasteiger partial charge is 0.461 e. The number of carbonyl (C=O) groups excluding carboxylic acids is 1. The monoisotopic (exact) mass is 431 g/mol. The Hall–Kier alpha value is -1.11. The fraction of sp³-hybridized carbons (Fsp3) is 0.235. The van der Waals surface area contributed by atoms with E-state index in [1.165, 1.54) is 5.56 Å². The van der Waals surface area contributed by atoms with E-state index in [4.69, 9.17) is 4.74 Å². The van der Waals surface area contributed by atoms with Crippen molar-refractivity contribution >= 4 is 41.0 Å². The number of hydrogen-bond acceptors (Lipinski definition) is 3. The highest BCUT2D eigenvalue weighted by Gasteiger charge is 2.08. The predicted molar refractivity (Wildman–Crippen MR) is 99.5 cm³/mol. The smallest absolute Gasteiger partial charge is 0.338 e. The minimum Gasteiger partial charge on any atom is -0.461 e. The number of benzene rings is 2. The highest BCUT2D eigenvalue weighted by atomic mass is 127. The molecule has 0 fully saturated rings. The van der Waals surface area contributed by atoms with Gasteiger partial charge in [0.25, 0.3) is 0 Å². The van der Waals surface area contributed by atoms with Crippen LogP contribution in [0.25, 0.3) is 0 Å².